The Balaban J connectivity index is 4.96. The van der Waals surface area contributed by atoms with Gasteiger partial charge in [0.2, 0.25) is 11.8 Å². The maximum absolute atomic E-state index is 12.5. The molecule has 0 aromatic heterocycles. The topological polar surface area (TPSA) is 148 Å². The molecule has 3 unspecified atom stereocenters. The number of hydrogen-bond donors (Lipinski definition) is 5. The standard InChI is InChI=1S/C17H34N4O4/c1-10(2)9-13(21-16(23)14(19)11(3)4)15(22)20-12(17(24)25)7-5-6-8-18/h10-14H,5-9,18-19H2,1-4H3,(H,20,22)(H,21,23)(H,24,25). The fraction of sp³-hybridized carbons (Fsp3) is 0.824. The molecule has 0 fully saturated rings. The first-order valence-electron chi connectivity index (χ1n) is 8.89. The molecule has 0 aromatic carbocycles. The third kappa shape index (κ3) is 9.40. The second kappa shape index (κ2) is 11.8. The van der Waals surface area contributed by atoms with Gasteiger partial charge in [0.15, 0.2) is 0 Å². The largest absolute Gasteiger partial charge is 0.480 e. The van der Waals surface area contributed by atoms with Crippen LogP contribution < -0.4 is 22.1 Å². The summed E-state index contributed by atoms with van der Waals surface area (Å²) in [5.41, 5.74) is 11.2. The van der Waals surface area contributed by atoms with E-state index in [9.17, 15) is 19.5 Å². The first-order chi connectivity index (χ1) is 11.6. The van der Waals surface area contributed by atoms with E-state index in [1.165, 1.54) is 0 Å². The van der Waals surface area contributed by atoms with Crippen molar-refractivity contribution in [2.24, 2.45) is 23.3 Å². The van der Waals surface area contributed by atoms with E-state index in [1.807, 2.05) is 27.7 Å². The predicted molar refractivity (Wildman–Crippen MR) is 96.7 cm³/mol. The molecule has 0 aromatic rings. The molecule has 8 nitrogen and oxygen atoms in total. The number of carbonyl (C=O) groups is 3. The summed E-state index contributed by atoms with van der Waals surface area (Å²) in [7, 11) is 0. The molecule has 0 aliphatic rings. The summed E-state index contributed by atoms with van der Waals surface area (Å²) in [6.07, 6.45) is 1.99. The van der Waals surface area contributed by atoms with E-state index in [0.717, 1.165) is 0 Å². The fourth-order valence-electron chi connectivity index (χ4n) is 2.30. The molecule has 0 radical (unpaired) electrons. The Bertz CT molecular complexity index is 440. The molecule has 0 aliphatic carbocycles. The number of nitrogens with one attached hydrogen (secondary N) is 2. The van der Waals surface area contributed by atoms with Crippen LogP contribution in [-0.4, -0.2) is 47.6 Å². The summed E-state index contributed by atoms with van der Waals surface area (Å²) in [4.78, 5) is 36.0. The van der Waals surface area contributed by atoms with E-state index in [0.29, 0.717) is 32.2 Å². The maximum atomic E-state index is 12.5. The lowest BCUT2D eigenvalue weighted by Crippen LogP contribution is -2.55. The highest BCUT2D eigenvalue weighted by Gasteiger charge is 2.28. The smallest absolute Gasteiger partial charge is 0.326 e. The third-order valence-electron chi connectivity index (χ3n) is 3.92. The Morgan fingerprint density at radius 1 is 0.960 bits per heavy atom. The minimum atomic E-state index is -1.10. The van der Waals surface area contributed by atoms with E-state index in [-0.39, 0.29) is 11.8 Å². The molecule has 8 heteroatoms. The van der Waals surface area contributed by atoms with Gasteiger partial charge in [-0.2, -0.15) is 0 Å². The number of carboxylic acid groups (broad SMARTS) is 1. The van der Waals surface area contributed by atoms with Crippen molar-refractivity contribution in [2.45, 2.75) is 71.5 Å². The van der Waals surface area contributed by atoms with Crippen molar-refractivity contribution in [3.8, 4) is 0 Å². The van der Waals surface area contributed by atoms with Gasteiger partial charge < -0.3 is 27.2 Å². The molecular formula is C17H34N4O4. The van der Waals surface area contributed by atoms with Crippen LogP contribution in [0.15, 0.2) is 0 Å². The second-order valence-electron chi connectivity index (χ2n) is 7.14. The fourth-order valence-corrected chi connectivity index (χ4v) is 2.30. The number of amides is 2. The number of nitrogens with two attached hydrogens (primary N) is 2. The molecule has 0 rings (SSSR count). The number of hydrogen-bond acceptors (Lipinski definition) is 5. The van der Waals surface area contributed by atoms with Gasteiger partial charge in [0.05, 0.1) is 6.04 Å². The van der Waals surface area contributed by atoms with Crippen LogP contribution in [0.1, 0.15) is 53.4 Å². The van der Waals surface area contributed by atoms with Gasteiger partial charge in [-0.25, -0.2) is 4.79 Å². The molecule has 146 valence electrons. The SMILES string of the molecule is CC(C)CC(NC(=O)C(N)C(C)C)C(=O)NC(CCCCN)C(=O)O. The first-order valence-corrected chi connectivity index (χ1v) is 8.89. The molecule has 0 saturated heterocycles. The number of aliphatic carboxylic acids is 1. The Morgan fingerprint density at radius 3 is 1.96 bits per heavy atom. The monoisotopic (exact) mass is 358 g/mol. The number of carboxylic acids is 1. The van der Waals surface area contributed by atoms with Crippen LogP contribution in [0.5, 0.6) is 0 Å². The van der Waals surface area contributed by atoms with Gasteiger partial charge in [0.1, 0.15) is 12.1 Å². The van der Waals surface area contributed by atoms with E-state index < -0.39 is 35.9 Å². The van der Waals surface area contributed by atoms with Crippen LogP contribution in [-0.2, 0) is 14.4 Å². The molecule has 0 bridgehead atoms. The highest BCUT2D eigenvalue weighted by atomic mass is 16.4. The highest BCUT2D eigenvalue weighted by Crippen LogP contribution is 2.08. The first kappa shape index (κ1) is 23.3. The Kier molecular flexibility index (Phi) is 11.0. The predicted octanol–water partition coefficient (Wildman–Crippen LogP) is 0.199. The van der Waals surface area contributed by atoms with Crippen LogP contribution in [0.2, 0.25) is 0 Å². The zero-order chi connectivity index (χ0) is 19.6. The van der Waals surface area contributed by atoms with Crippen molar-refractivity contribution in [1.29, 1.82) is 0 Å². The zero-order valence-electron chi connectivity index (χ0n) is 15.7. The molecule has 0 saturated carbocycles. The summed E-state index contributed by atoms with van der Waals surface area (Å²) in [5.74, 6) is -1.93. The summed E-state index contributed by atoms with van der Waals surface area (Å²) < 4.78 is 0. The van der Waals surface area contributed by atoms with Crippen molar-refractivity contribution in [3.63, 3.8) is 0 Å². The van der Waals surface area contributed by atoms with Crippen LogP contribution in [0, 0.1) is 11.8 Å². The zero-order valence-corrected chi connectivity index (χ0v) is 15.7. The van der Waals surface area contributed by atoms with Crippen molar-refractivity contribution in [3.05, 3.63) is 0 Å². The molecule has 2 amide bonds. The summed E-state index contributed by atoms with van der Waals surface area (Å²) in [6.45, 7) is 7.95. The molecule has 3 atom stereocenters. The average molecular weight is 358 g/mol. The van der Waals surface area contributed by atoms with Crippen molar-refractivity contribution in [2.75, 3.05) is 6.54 Å². The van der Waals surface area contributed by atoms with Gasteiger partial charge in [-0.05, 0) is 44.1 Å². The van der Waals surface area contributed by atoms with Gasteiger partial charge in [-0.3, -0.25) is 9.59 Å². The van der Waals surface area contributed by atoms with Crippen LogP contribution in [0.25, 0.3) is 0 Å². The van der Waals surface area contributed by atoms with Gasteiger partial charge in [-0.15, -0.1) is 0 Å². The molecule has 25 heavy (non-hydrogen) atoms. The number of rotatable bonds is 12. The Morgan fingerprint density at radius 2 is 1.52 bits per heavy atom. The third-order valence-corrected chi connectivity index (χ3v) is 3.92. The Labute approximate surface area is 150 Å². The number of carbonyl (C=O) groups excluding carboxylic acids is 2. The summed E-state index contributed by atoms with van der Waals surface area (Å²) in [6, 6.07) is -2.53. The van der Waals surface area contributed by atoms with Crippen molar-refractivity contribution in [1.82, 2.24) is 10.6 Å². The van der Waals surface area contributed by atoms with E-state index in [4.69, 9.17) is 11.5 Å². The molecule has 7 N–H and O–H groups in total. The van der Waals surface area contributed by atoms with Gasteiger partial charge in [-0.1, -0.05) is 27.7 Å². The van der Waals surface area contributed by atoms with Crippen molar-refractivity contribution < 1.29 is 19.5 Å². The Hall–Kier alpha value is -1.67. The van der Waals surface area contributed by atoms with Gasteiger partial charge >= 0.3 is 5.97 Å². The molecular weight excluding hydrogens is 324 g/mol. The average Bonchev–Trinajstić information content (AvgIpc) is 2.51. The van der Waals surface area contributed by atoms with E-state index >= 15 is 0 Å². The summed E-state index contributed by atoms with van der Waals surface area (Å²) in [5, 5.41) is 14.4. The quantitative estimate of drug-likeness (QED) is 0.315. The highest BCUT2D eigenvalue weighted by molar-refractivity contribution is 5.91. The minimum absolute atomic E-state index is 0.0641. The molecule has 0 spiro atoms. The van der Waals surface area contributed by atoms with Crippen molar-refractivity contribution >= 4 is 17.8 Å². The normalized spacial score (nSPS) is 14.9. The van der Waals surface area contributed by atoms with E-state index in [1.54, 1.807) is 0 Å². The number of unbranched alkanes of at least 4 members (excludes halogenated alkanes) is 1. The minimum Gasteiger partial charge on any atom is -0.480 e. The summed E-state index contributed by atoms with van der Waals surface area (Å²) >= 11 is 0. The van der Waals surface area contributed by atoms with E-state index in [2.05, 4.69) is 10.6 Å². The molecule has 0 aliphatic heterocycles. The lowest BCUT2D eigenvalue weighted by Gasteiger charge is -2.25. The molecule has 0 heterocycles. The lowest BCUT2D eigenvalue weighted by atomic mass is 10.00. The van der Waals surface area contributed by atoms with Gasteiger partial charge in [0, 0.05) is 0 Å². The van der Waals surface area contributed by atoms with Crippen LogP contribution in [0.3, 0.4) is 0 Å². The second-order valence-corrected chi connectivity index (χ2v) is 7.14. The van der Waals surface area contributed by atoms with Crippen LogP contribution in [0.4, 0.5) is 0 Å². The lowest BCUT2D eigenvalue weighted by molar-refractivity contribution is -0.142. The van der Waals surface area contributed by atoms with Crippen LogP contribution >= 0.6 is 0 Å². The maximum Gasteiger partial charge on any atom is 0.326 e. The van der Waals surface area contributed by atoms with Gasteiger partial charge in [0.25, 0.3) is 0 Å².